The molecule has 0 radical (unpaired) electrons. The Bertz CT molecular complexity index is 493. The first-order valence-corrected chi connectivity index (χ1v) is 8.36. The van der Waals surface area contributed by atoms with Crippen LogP contribution >= 0.6 is 0 Å². The molecule has 1 atom stereocenters. The van der Waals surface area contributed by atoms with Crippen LogP contribution in [0.15, 0.2) is 18.2 Å². The molecule has 0 heterocycles. The molecule has 0 saturated carbocycles. The van der Waals surface area contributed by atoms with E-state index in [2.05, 4.69) is 40.3 Å². The van der Waals surface area contributed by atoms with Gasteiger partial charge in [0.25, 0.3) is 0 Å². The van der Waals surface area contributed by atoms with Crippen molar-refractivity contribution in [3.63, 3.8) is 0 Å². The van der Waals surface area contributed by atoms with E-state index < -0.39 is 0 Å². The van der Waals surface area contributed by atoms with Crippen molar-refractivity contribution in [1.29, 1.82) is 0 Å². The number of fused-ring (bicyclic) bond motifs is 1. The second-order valence-corrected chi connectivity index (χ2v) is 6.54. The highest BCUT2D eigenvalue weighted by molar-refractivity contribution is 5.49. The third-order valence-corrected chi connectivity index (χ3v) is 4.97. The molecule has 0 bridgehead atoms. The van der Waals surface area contributed by atoms with Crippen LogP contribution in [0.3, 0.4) is 0 Å². The first kappa shape index (κ1) is 15.4. The Kier molecular flexibility index (Phi) is 5.07. The molecule has 0 spiro atoms. The van der Waals surface area contributed by atoms with Gasteiger partial charge in [0, 0.05) is 0 Å². The zero-order chi connectivity index (χ0) is 14.7. The van der Waals surface area contributed by atoms with Gasteiger partial charge in [0.1, 0.15) is 0 Å². The lowest BCUT2D eigenvalue weighted by atomic mass is 9.87. The number of rotatable bonds is 6. The van der Waals surface area contributed by atoms with Gasteiger partial charge in [0.15, 0.2) is 0 Å². The average Bonchev–Trinajstić information content (AvgIpc) is 2.80. The normalized spacial score (nSPS) is 17.3. The van der Waals surface area contributed by atoms with E-state index in [4.69, 9.17) is 0 Å². The van der Waals surface area contributed by atoms with Crippen molar-refractivity contribution in [2.45, 2.75) is 78.6 Å². The molecule has 1 aromatic carbocycles. The van der Waals surface area contributed by atoms with Gasteiger partial charge in [-0.1, -0.05) is 31.9 Å². The van der Waals surface area contributed by atoms with Gasteiger partial charge >= 0.3 is 0 Å². The number of hydrogen-bond acceptors (Lipinski definition) is 0. The van der Waals surface area contributed by atoms with Gasteiger partial charge in [-0.25, -0.2) is 0 Å². The number of allylic oxidation sites excluding steroid dienone is 1. The van der Waals surface area contributed by atoms with Crippen molar-refractivity contribution in [1.82, 2.24) is 0 Å². The molecule has 0 amide bonds. The lowest BCUT2D eigenvalue weighted by molar-refractivity contribution is 0.608. The Morgan fingerprint density at radius 3 is 2.70 bits per heavy atom. The van der Waals surface area contributed by atoms with Crippen LogP contribution < -0.4 is 0 Å². The average molecular weight is 270 g/mol. The van der Waals surface area contributed by atoms with Crippen LogP contribution in [0.1, 0.15) is 80.2 Å². The maximum absolute atomic E-state index is 4.06. The van der Waals surface area contributed by atoms with E-state index in [-0.39, 0.29) is 0 Å². The summed E-state index contributed by atoms with van der Waals surface area (Å²) in [7, 11) is 0. The van der Waals surface area contributed by atoms with Crippen molar-refractivity contribution in [2.24, 2.45) is 0 Å². The molecule has 0 nitrogen and oxygen atoms in total. The Hall–Kier alpha value is -1.04. The summed E-state index contributed by atoms with van der Waals surface area (Å²) in [5.74, 6) is 0.822. The van der Waals surface area contributed by atoms with Crippen LogP contribution in [-0.4, -0.2) is 0 Å². The Morgan fingerprint density at radius 2 is 2.10 bits per heavy atom. The number of benzene rings is 1. The molecule has 0 aromatic heterocycles. The molecular weight excluding hydrogens is 240 g/mol. The third kappa shape index (κ3) is 3.00. The summed E-state index contributed by atoms with van der Waals surface area (Å²) in [6, 6.07) is 2.55. The molecular formula is C20H30. The van der Waals surface area contributed by atoms with Gasteiger partial charge < -0.3 is 0 Å². The van der Waals surface area contributed by atoms with E-state index in [1.54, 1.807) is 27.8 Å². The highest BCUT2D eigenvalue weighted by Crippen LogP contribution is 2.40. The van der Waals surface area contributed by atoms with Crippen LogP contribution in [0.25, 0.3) is 0 Å². The molecule has 0 heteroatoms. The summed E-state index contributed by atoms with van der Waals surface area (Å²) < 4.78 is 0. The lowest BCUT2D eigenvalue weighted by Gasteiger charge is -2.18. The molecule has 20 heavy (non-hydrogen) atoms. The van der Waals surface area contributed by atoms with Crippen LogP contribution in [0.4, 0.5) is 0 Å². The van der Waals surface area contributed by atoms with Gasteiger partial charge in [-0.05, 0) is 86.1 Å². The van der Waals surface area contributed by atoms with Gasteiger partial charge in [0.2, 0.25) is 0 Å². The maximum atomic E-state index is 4.06. The van der Waals surface area contributed by atoms with E-state index in [1.165, 1.54) is 44.1 Å². The van der Waals surface area contributed by atoms with Crippen LogP contribution in [-0.2, 0) is 19.3 Å². The van der Waals surface area contributed by atoms with Crippen LogP contribution in [0, 0.1) is 6.92 Å². The molecule has 0 aliphatic heterocycles. The minimum absolute atomic E-state index is 0.822. The molecule has 1 aliphatic rings. The minimum Gasteiger partial charge on any atom is -0.100 e. The summed E-state index contributed by atoms with van der Waals surface area (Å²) in [6.07, 6.45) is 8.81. The molecule has 110 valence electrons. The Labute approximate surface area is 125 Å². The Balaban J connectivity index is 2.39. The van der Waals surface area contributed by atoms with Gasteiger partial charge in [0.05, 0.1) is 0 Å². The third-order valence-electron chi connectivity index (χ3n) is 4.97. The smallest absolute Gasteiger partial charge is 0.0156 e. The SMILES string of the molecule is C=C(C)CCc1cc2c(c(C)c1CC)CCC2CCC. The van der Waals surface area contributed by atoms with E-state index in [1.807, 2.05) is 0 Å². The van der Waals surface area contributed by atoms with E-state index in [0.717, 1.165) is 12.3 Å². The zero-order valence-electron chi connectivity index (χ0n) is 13.8. The second-order valence-electron chi connectivity index (χ2n) is 6.54. The molecule has 1 unspecified atom stereocenters. The lowest BCUT2D eigenvalue weighted by Crippen LogP contribution is -2.03. The number of aryl methyl sites for hydroxylation is 1. The predicted molar refractivity (Wildman–Crippen MR) is 89.7 cm³/mol. The standard InChI is InChI=1S/C20H30/c1-6-8-16-11-12-19-15(5)18(7-2)17(13-20(16)19)10-9-14(3)4/h13,16H,3,6-12H2,1-2,4-5H3. The fraction of sp³-hybridized carbons (Fsp3) is 0.600. The zero-order valence-corrected chi connectivity index (χ0v) is 13.8. The minimum atomic E-state index is 0.822. The molecule has 0 saturated heterocycles. The quantitative estimate of drug-likeness (QED) is 0.565. The monoisotopic (exact) mass is 270 g/mol. The molecule has 1 aliphatic carbocycles. The topological polar surface area (TPSA) is 0 Å². The van der Waals surface area contributed by atoms with Crippen LogP contribution in [0.5, 0.6) is 0 Å². The van der Waals surface area contributed by atoms with Crippen molar-refractivity contribution in [2.75, 3.05) is 0 Å². The fourth-order valence-electron chi connectivity index (χ4n) is 3.88. The van der Waals surface area contributed by atoms with Crippen molar-refractivity contribution >= 4 is 0 Å². The molecule has 1 aromatic rings. The molecule has 0 fully saturated rings. The summed E-state index contributed by atoms with van der Waals surface area (Å²) in [5, 5.41) is 0. The van der Waals surface area contributed by atoms with Gasteiger partial charge in [-0.2, -0.15) is 0 Å². The van der Waals surface area contributed by atoms with Crippen molar-refractivity contribution < 1.29 is 0 Å². The van der Waals surface area contributed by atoms with Crippen molar-refractivity contribution in [3.05, 3.63) is 46.0 Å². The van der Waals surface area contributed by atoms with E-state index in [9.17, 15) is 0 Å². The maximum Gasteiger partial charge on any atom is -0.0156 e. The number of hydrogen-bond donors (Lipinski definition) is 0. The predicted octanol–water partition coefficient (Wildman–Crippen LogP) is 5.90. The first-order chi connectivity index (χ1) is 9.58. The first-order valence-electron chi connectivity index (χ1n) is 8.36. The van der Waals surface area contributed by atoms with Crippen LogP contribution in [0.2, 0.25) is 0 Å². The van der Waals surface area contributed by atoms with E-state index in [0.29, 0.717) is 0 Å². The van der Waals surface area contributed by atoms with Gasteiger partial charge in [-0.15, -0.1) is 6.58 Å². The van der Waals surface area contributed by atoms with Gasteiger partial charge in [-0.3, -0.25) is 0 Å². The van der Waals surface area contributed by atoms with E-state index >= 15 is 0 Å². The molecule has 0 N–H and O–H groups in total. The second kappa shape index (κ2) is 6.61. The highest BCUT2D eigenvalue weighted by Gasteiger charge is 2.25. The van der Waals surface area contributed by atoms with Crippen molar-refractivity contribution in [3.8, 4) is 0 Å². The fourth-order valence-corrected chi connectivity index (χ4v) is 3.88. The summed E-state index contributed by atoms with van der Waals surface area (Å²) in [4.78, 5) is 0. The summed E-state index contributed by atoms with van der Waals surface area (Å²) >= 11 is 0. The summed E-state index contributed by atoms with van der Waals surface area (Å²) in [5.41, 5.74) is 9.46. The Morgan fingerprint density at radius 1 is 1.35 bits per heavy atom. The highest BCUT2D eigenvalue weighted by atomic mass is 14.3. The largest absolute Gasteiger partial charge is 0.100 e. The summed E-state index contributed by atoms with van der Waals surface area (Å²) in [6.45, 7) is 13.2. The molecule has 2 rings (SSSR count).